The first-order valence-corrected chi connectivity index (χ1v) is 9.26. The Kier molecular flexibility index (Phi) is 6.23. The molecule has 1 atom stereocenters. The fourth-order valence-electron chi connectivity index (χ4n) is 2.77. The summed E-state index contributed by atoms with van der Waals surface area (Å²) in [4.78, 5) is 22.8. The van der Waals surface area contributed by atoms with Crippen LogP contribution in [0.2, 0.25) is 0 Å². The second-order valence-corrected chi connectivity index (χ2v) is 6.53. The Morgan fingerprint density at radius 3 is 2.66 bits per heavy atom. The standard InChI is InChI=1S/C21H22N4O4/c1-3-24-12-11-20(23-24)15(2)22-21(26)17-6-4-5-16(13-17)14-29-19-9-7-18(8-10-19)25(27)28/h4-13,15H,3,14H2,1-2H3,(H,22,26). The number of nitro groups is 1. The molecule has 0 bridgehead atoms. The van der Waals surface area contributed by atoms with Gasteiger partial charge in [0, 0.05) is 30.4 Å². The van der Waals surface area contributed by atoms with Gasteiger partial charge < -0.3 is 10.1 Å². The molecule has 1 amide bonds. The maximum absolute atomic E-state index is 12.6. The number of aromatic nitrogens is 2. The van der Waals surface area contributed by atoms with Crippen molar-refractivity contribution in [1.29, 1.82) is 0 Å². The van der Waals surface area contributed by atoms with Gasteiger partial charge in [-0.15, -0.1) is 0 Å². The molecule has 1 unspecified atom stereocenters. The molecule has 8 nitrogen and oxygen atoms in total. The number of non-ortho nitro benzene ring substituents is 1. The zero-order valence-electron chi connectivity index (χ0n) is 16.2. The number of nitrogens with one attached hydrogen (secondary N) is 1. The van der Waals surface area contributed by atoms with E-state index in [2.05, 4.69) is 10.4 Å². The highest BCUT2D eigenvalue weighted by atomic mass is 16.6. The Hall–Kier alpha value is -3.68. The zero-order chi connectivity index (χ0) is 20.8. The molecule has 3 rings (SSSR count). The van der Waals surface area contributed by atoms with E-state index in [0.29, 0.717) is 11.3 Å². The normalized spacial score (nSPS) is 11.7. The summed E-state index contributed by atoms with van der Waals surface area (Å²) < 4.78 is 7.47. The van der Waals surface area contributed by atoms with E-state index in [1.54, 1.807) is 30.3 Å². The van der Waals surface area contributed by atoms with Crippen LogP contribution in [0.1, 0.15) is 41.5 Å². The minimum Gasteiger partial charge on any atom is -0.489 e. The van der Waals surface area contributed by atoms with Crippen molar-refractivity contribution in [3.05, 3.63) is 87.7 Å². The van der Waals surface area contributed by atoms with Gasteiger partial charge in [0.15, 0.2) is 0 Å². The first-order valence-electron chi connectivity index (χ1n) is 9.26. The summed E-state index contributed by atoms with van der Waals surface area (Å²) in [5, 5.41) is 18.1. The quantitative estimate of drug-likeness (QED) is 0.462. The molecule has 0 saturated heterocycles. The highest BCUT2D eigenvalue weighted by Gasteiger charge is 2.14. The van der Waals surface area contributed by atoms with Crippen molar-refractivity contribution in [2.75, 3.05) is 0 Å². The van der Waals surface area contributed by atoms with E-state index in [0.717, 1.165) is 17.8 Å². The third kappa shape index (κ3) is 5.19. The molecule has 0 radical (unpaired) electrons. The number of rotatable bonds is 8. The first-order chi connectivity index (χ1) is 14.0. The van der Waals surface area contributed by atoms with Crippen LogP contribution < -0.4 is 10.1 Å². The van der Waals surface area contributed by atoms with Crippen molar-refractivity contribution in [1.82, 2.24) is 15.1 Å². The molecular weight excluding hydrogens is 372 g/mol. The summed E-state index contributed by atoms with van der Waals surface area (Å²) in [7, 11) is 0. The van der Waals surface area contributed by atoms with Crippen LogP contribution in [0.3, 0.4) is 0 Å². The number of nitrogens with zero attached hydrogens (tertiary/aromatic N) is 3. The number of carbonyl (C=O) groups excluding carboxylic acids is 1. The summed E-state index contributed by atoms with van der Waals surface area (Å²) >= 11 is 0. The molecule has 1 aromatic heterocycles. The largest absolute Gasteiger partial charge is 0.489 e. The number of amides is 1. The second-order valence-electron chi connectivity index (χ2n) is 6.53. The summed E-state index contributed by atoms with van der Waals surface area (Å²) in [6.45, 7) is 4.92. The fraction of sp³-hybridized carbons (Fsp3) is 0.238. The van der Waals surface area contributed by atoms with Crippen LogP contribution in [0, 0.1) is 10.1 Å². The van der Waals surface area contributed by atoms with E-state index in [9.17, 15) is 14.9 Å². The van der Waals surface area contributed by atoms with Crippen LogP contribution >= 0.6 is 0 Å². The molecule has 29 heavy (non-hydrogen) atoms. The maximum Gasteiger partial charge on any atom is 0.269 e. The second kappa shape index (κ2) is 9.01. The van der Waals surface area contributed by atoms with Crippen LogP contribution in [0.4, 0.5) is 5.69 Å². The average Bonchev–Trinajstić information content (AvgIpc) is 3.22. The van der Waals surface area contributed by atoms with Crippen molar-refractivity contribution in [3.8, 4) is 5.75 Å². The lowest BCUT2D eigenvalue weighted by Gasteiger charge is -2.12. The topological polar surface area (TPSA) is 99.3 Å². The van der Waals surface area contributed by atoms with Crippen LogP contribution in [0.15, 0.2) is 60.8 Å². The molecule has 150 valence electrons. The van der Waals surface area contributed by atoms with E-state index < -0.39 is 4.92 Å². The molecule has 0 aliphatic carbocycles. The number of benzene rings is 2. The Bertz CT molecular complexity index is 998. The smallest absolute Gasteiger partial charge is 0.269 e. The fourth-order valence-corrected chi connectivity index (χ4v) is 2.77. The van der Waals surface area contributed by atoms with Crippen LogP contribution in [-0.4, -0.2) is 20.6 Å². The predicted molar refractivity (Wildman–Crippen MR) is 108 cm³/mol. The van der Waals surface area contributed by atoms with Gasteiger partial charge in [-0.1, -0.05) is 12.1 Å². The number of ether oxygens (including phenoxy) is 1. The Balaban J connectivity index is 1.60. The first kappa shape index (κ1) is 20.1. The van der Waals surface area contributed by atoms with Gasteiger partial charge in [-0.05, 0) is 49.7 Å². The van der Waals surface area contributed by atoms with Crippen LogP contribution in [0.5, 0.6) is 5.75 Å². The van der Waals surface area contributed by atoms with Gasteiger partial charge in [-0.2, -0.15) is 5.10 Å². The van der Waals surface area contributed by atoms with Gasteiger partial charge in [0.1, 0.15) is 12.4 Å². The Morgan fingerprint density at radius 2 is 2.00 bits per heavy atom. The van der Waals surface area contributed by atoms with E-state index in [4.69, 9.17) is 4.74 Å². The molecular formula is C21H22N4O4. The lowest BCUT2D eigenvalue weighted by Crippen LogP contribution is -2.27. The molecule has 2 aromatic carbocycles. The molecule has 0 fully saturated rings. The van der Waals surface area contributed by atoms with Gasteiger partial charge in [0.25, 0.3) is 11.6 Å². The van der Waals surface area contributed by atoms with Crippen molar-refractivity contribution in [2.45, 2.75) is 33.0 Å². The summed E-state index contributed by atoms with van der Waals surface area (Å²) in [5.41, 5.74) is 2.15. The summed E-state index contributed by atoms with van der Waals surface area (Å²) in [6.07, 6.45) is 1.88. The molecule has 3 aromatic rings. The van der Waals surface area contributed by atoms with Crippen LogP contribution in [0.25, 0.3) is 0 Å². The molecule has 0 saturated carbocycles. The predicted octanol–water partition coefficient (Wildman–Crippen LogP) is 3.88. The SMILES string of the molecule is CCn1ccc(C(C)NC(=O)c2cccc(COc3ccc([N+](=O)[O-])cc3)c2)n1. The molecule has 0 spiro atoms. The highest BCUT2D eigenvalue weighted by Crippen LogP contribution is 2.19. The number of carbonyl (C=O) groups is 1. The lowest BCUT2D eigenvalue weighted by atomic mass is 10.1. The van der Waals surface area contributed by atoms with E-state index in [1.807, 2.05) is 36.9 Å². The van der Waals surface area contributed by atoms with Crippen LogP contribution in [-0.2, 0) is 13.2 Å². The van der Waals surface area contributed by atoms with Gasteiger partial charge in [-0.25, -0.2) is 0 Å². The Morgan fingerprint density at radius 1 is 1.24 bits per heavy atom. The Labute approximate surface area is 168 Å². The number of hydrogen-bond acceptors (Lipinski definition) is 5. The highest BCUT2D eigenvalue weighted by molar-refractivity contribution is 5.94. The van der Waals surface area contributed by atoms with Crippen molar-refractivity contribution in [2.24, 2.45) is 0 Å². The molecule has 1 N–H and O–H groups in total. The van der Waals surface area contributed by atoms with Crippen molar-refractivity contribution in [3.63, 3.8) is 0 Å². The average molecular weight is 394 g/mol. The van der Waals surface area contributed by atoms with E-state index in [1.165, 1.54) is 12.1 Å². The summed E-state index contributed by atoms with van der Waals surface area (Å²) in [6, 6.07) is 14.7. The van der Waals surface area contributed by atoms with Crippen molar-refractivity contribution >= 4 is 11.6 Å². The molecule has 1 heterocycles. The molecule has 0 aliphatic rings. The summed E-state index contributed by atoms with van der Waals surface area (Å²) in [5.74, 6) is 0.325. The third-order valence-corrected chi connectivity index (χ3v) is 4.42. The van der Waals surface area contributed by atoms with Gasteiger partial charge in [-0.3, -0.25) is 19.6 Å². The number of aryl methyl sites for hydroxylation is 1. The minimum absolute atomic E-state index is 0.00825. The van der Waals surface area contributed by atoms with Gasteiger partial charge in [0.05, 0.1) is 16.7 Å². The van der Waals surface area contributed by atoms with Crippen molar-refractivity contribution < 1.29 is 14.5 Å². The number of nitro benzene ring substituents is 1. The lowest BCUT2D eigenvalue weighted by molar-refractivity contribution is -0.384. The van der Waals surface area contributed by atoms with E-state index in [-0.39, 0.29) is 24.2 Å². The zero-order valence-corrected chi connectivity index (χ0v) is 16.2. The third-order valence-electron chi connectivity index (χ3n) is 4.42. The number of hydrogen-bond donors (Lipinski definition) is 1. The molecule has 0 aliphatic heterocycles. The monoisotopic (exact) mass is 394 g/mol. The van der Waals surface area contributed by atoms with Gasteiger partial charge in [0.2, 0.25) is 0 Å². The van der Waals surface area contributed by atoms with Gasteiger partial charge >= 0.3 is 0 Å². The van der Waals surface area contributed by atoms with E-state index >= 15 is 0 Å². The maximum atomic E-state index is 12.6. The minimum atomic E-state index is -0.459. The molecule has 8 heteroatoms.